The summed E-state index contributed by atoms with van der Waals surface area (Å²) in [5, 5.41) is 76.2. The van der Waals surface area contributed by atoms with Crippen molar-refractivity contribution < 1.29 is 211 Å². The molecule has 0 aromatic carbocycles. The first-order valence-electron chi connectivity index (χ1n) is 7.45. The van der Waals surface area contributed by atoms with E-state index in [4.69, 9.17) is 89.6 Å². The van der Waals surface area contributed by atoms with Gasteiger partial charge >= 0.3 is 66.2 Å². The summed E-state index contributed by atoms with van der Waals surface area (Å²) in [6, 6.07) is 0. The molecule has 0 heterocycles. The second-order valence-electron chi connectivity index (χ2n) is 2.54. The SMILES string of the molecule is C.C.C.COO[O-].O.O.O.O.O.O=C=O.O=C=O.O=CO.O=CO.O=CO[O-].OOOCCOOO.OOOCCOOO.[H+].[H+].[H+].[H+].[O]=[Mn]=[O].[O]=[Ti]=[O]. The number of hydrogen-bond donors (Lipinski definition) is 6. The molecule has 0 fully saturated rings. The quantitative estimate of drug-likeness (QED) is 0.0349. The molecule has 0 rings (SSSR count). The molecule has 0 atom stereocenters. The van der Waals surface area contributed by atoms with Crippen molar-refractivity contribution in [2.45, 2.75) is 22.3 Å². The zero-order valence-electron chi connectivity index (χ0n) is 26.4. The molecule has 0 spiro atoms. The molecule has 35 nitrogen and oxygen atoms in total. The molecule has 0 amide bonds. The van der Waals surface area contributed by atoms with E-state index in [0.29, 0.717) is 0 Å². The van der Waals surface area contributed by atoms with Crippen LogP contribution in [-0.2, 0) is 136 Å². The van der Waals surface area contributed by atoms with Crippen LogP contribution in [-0.4, -0.2) is 124 Å². The third-order valence-electron chi connectivity index (χ3n) is 0.818. The van der Waals surface area contributed by atoms with E-state index in [1.807, 2.05) is 0 Å². The number of hydrogen-bond acceptors (Lipinski definition) is 28. The predicted molar refractivity (Wildman–Crippen MR) is 127 cm³/mol. The van der Waals surface area contributed by atoms with Crippen LogP contribution in [0.2, 0.25) is 0 Å². The zero-order valence-corrected chi connectivity index (χ0v) is 25.2. The average Bonchev–Trinajstić information content (AvgIpc) is 2.97. The van der Waals surface area contributed by atoms with Gasteiger partial charge in [0.2, 0.25) is 0 Å². The van der Waals surface area contributed by atoms with E-state index in [2.05, 4.69) is 54.5 Å². The van der Waals surface area contributed by atoms with Crippen LogP contribution in [0.15, 0.2) is 0 Å². The molecule has 0 aliphatic carbocycles. The summed E-state index contributed by atoms with van der Waals surface area (Å²) in [4.78, 5) is 79.5. The van der Waals surface area contributed by atoms with Crippen LogP contribution in [0.3, 0.4) is 0 Å². The van der Waals surface area contributed by atoms with Crippen molar-refractivity contribution in [3.8, 4) is 0 Å². The molecule has 0 aliphatic rings. The summed E-state index contributed by atoms with van der Waals surface area (Å²) >= 11 is -3.44. The monoisotopic (exact) mass is 865 g/mol. The van der Waals surface area contributed by atoms with Gasteiger partial charge in [0.05, 0.1) is 7.11 Å². The number of carbonyl (C=O) groups is 3. The standard InChI is InChI=1S/2C2H6O6.CH4O3.CH2O3.2CH2O2.2CO2.3CH4.Mn.5H2O.4O.Ti/c2*3-7-5-1-2-6-8-4;1-3-4-2;2-1-4-3;4*2-1-3;;;;;;;;;;;;;;/h2*3-4H,1-2H2;2H,1H3;1,3H;2*1H,(H,2,3);;;3*1H4;;5*1H2;;;;;/p+2. The minimum absolute atomic E-state index is 0. The zero-order chi connectivity index (χ0) is 35.6. The fraction of sp³-hybridized carbons (Fsp3) is 0.615. The second kappa shape index (κ2) is 260. The molecule has 37 heteroatoms. The molecule has 0 radical (unpaired) electrons. The van der Waals surface area contributed by atoms with E-state index in [-0.39, 0.29) is 114 Å². The van der Waals surface area contributed by atoms with E-state index in [1.165, 1.54) is 0 Å². The second-order valence-corrected chi connectivity index (χ2v) is 2.99. The van der Waals surface area contributed by atoms with E-state index in [9.17, 15) is 0 Å². The Morgan fingerprint density at radius 2 is 0.740 bits per heavy atom. The first kappa shape index (κ1) is 118. The molecule has 0 unspecified atom stereocenters. The van der Waals surface area contributed by atoms with Crippen molar-refractivity contribution in [3.63, 3.8) is 0 Å². The van der Waals surface area contributed by atoms with Crippen LogP contribution in [0.4, 0.5) is 0 Å². The van der Waals surface area contributed by atoms with Crippen LogP contribution in [0.1, 0.15) is 28.0 Å². The Morgan fingerprint density at radius 3 is 0.780 bits per heavy atom. The normalized spacial score (nSPS) is 5.34. The number of carbonyl (C=O) groups excluding carboxylic acids is 5. The van der Waals surface area contributed by atoms with Crippen molar-refractivity contribution >= 4 is 31.7 Å². The summed E-state index contributed by atoms with van der Waals surface area (Å²) in [6.45, 7) is -0.803. The molecule has 16 N–H and O–H groups in total. The van der Waals surface area contributed by atoms with Gasteiger partial charge in [-0.1, -0.05) is 42.4 Å². The first-order valence-corrected chi connectivity index (χ1v) is 9.69. The summed E-state index contributed by atoms with van der Waals surface area (Å²) < 4.78 is 33.8. The van der Waals surface area contributed by atoms with Crippen molar-refractivity contribution in [1.29, 1.82) is 0 Å². The van der Waals surface area contributed by atoms with Gasteiger partial charge in [0, 0.05) is 0 Å². The first-order chi connectivity index (χ1) is 20.1. The Kier molecular flexibility index (Phi) is 617. The third kappa shape index (κ3) is 1120. The molecular formula is C13H46MnO35Ti+2. The van der Waals surface area contributed by atoms with Crippen LogP contribution < -0.4 is 10.5 Å². The molecule has 0 aromatic rings. The van der Waals surface area contributed by atoms with Crippen molar-refractivity contribution in [2.24, 2.45) is 0 Å². The van der Waals surface area contributed by atoms with Gasteiger partial charge in [-0.15, -0.1) is 0 Å². The van der Waals surface area contributed by atoms with E-state index in [0.717, 1.165) is 7.11 Å². The van der Waals surface area contributed by atoms with Gasteiger partial charge in [-0.05, 0) is 0 Å². The van der Waals surface area contributed by atoms with Gasteiger partial charge in [-0.25, -0.2) is 45.5 Å². The van der Waals surface area contributed by atoms with Crippen molar-refractivity contribution in [3.05, 3.63) is 0 Å². The molecule has 0 bridgehead atoms. The Morgan fingerprint density at radius 1 is 0.640 bits per heavy atom. The maximum atomic E-state index is 8.64. The van der Waals surface area contributed by atoms with Crippen LogP contribution in [0.25, 0.3) is 0 Å². The van der Waals surface area contributed by atoms with Gasteiger partial charge in [-0.3, -0.25) is 19.4 Å². The fourth-order valence-corrected chi connectivity index (χ4v) is 0.285. The third-order valence-corrected chi connectivity index (χ3v) is 0.818. The van der Waals surface area contributed by atoms with E-state index in [1.54, 1.807) is 0 Å². The van der Waals surface area contributed by atoms with Crippen molar-refractivity contribution in [1.82, 2.24) is 0 Å². The van der Waals surface area contributed by atoms with Gasteiger partial charge < -0.3 is 53.0 Å². The summed E-state index contributed by atoms with van der Waals surface area (Å²) in [6.07, 6.45) is 0.500. The van der Waals surface area contributed by atoms with Gasteiger partial charge in [0.15, 0.2) is 0 Å². The average molecular weight is 865 g/mol. The topological polar surface area (TPSA) is 614 Å². The summed E-state index contributed by atoms with van der Waals surface area (Å²) in [7, 11) is 1.15. The Bertz CT molecular complexity index is 485. The van der Waals surface area contributed by atoms with E-state index >= 15 is 0 Å². The molecule has 317 valence electrons. The summed E-state index contributed by atoms with van der Waals surface area (Å²) in [5.74, 6) is 0. The maximum absolute atomic E-state index is 8.64. The Hall–Kier alpha value is -3.24. The molecule has 0 saturated heterocycles. The molecular weight excluding hydrogens is 819 g/mol. The molecule has 50 heavy (non-hydrogen) atoms. The van der Waals surface area contributed by atoms with Gasteiger partial charge in [0.1, 0.15) is 26.4 Å². The Labute approximate surface area is 299 Å². The van der Waals surface area contributed by atoms with Crippen molar-refractivity contribution in [2.75, 3.05) is 33.5 Å². The van der Waals surface area contributed by atoms with Gasteiger partial charge in [0.25, 0.3) is 19.4 Å². The fourth-order valence-electron chi connectivity index (χ4n) is 0.285. The Balaban J connectivity index is -0.0000000106. The molecule has 0 aromatic heterocycles. The minimum atomic E-state index is -2.00. The van der Waals surface area contributed by atoms with Crippen LogP contribution in [0, 0.1) is 0 Å². The van der Waals surface area contributed by atoms with Crippen LogP contribution >= 0.6 is 0 Å². The number of rotatable bonds is 12. The van der Waals surface area contributed by atoms with E-state index < -0.39 is 33.9 Å². The molecule has 0 saturated carbocycles. The van der Waals surface area contributed by atoms with Crippen LogP contribution in [0.5, 0.6) is 0 Å². The summed E-state index contributed by atoms with van der Waals surface area (Å²) in [5.41, 5.74) is 0. The number of carboxylic acid groups (broad SMARTS) is 2. The molecule has 0 aliphatic heterocycles. The predicted octanol–water partition coefficient (Wildman–Crippen LogP) is -7.08. The van der Waals surface area contributed by atoms with Gasteiger partial charge in [-0.2, -0.15) is 19.2 Å².